The molecule has 9 heteroatoms. The number of carboxylic acids is 1. The summed E-state index contributed by atoms with van der Waals surface area (Å²) in [6.07, 6.45) is 0. The smallest absolute Gasteiger partial charge is 0.325 e. The van der Waals surface area contributed by atoms with Crippen LogP contribution in [0.1, 0.15) is 25.5 Å². The maximum Gasteiger partial charge on any atom is 0.325 e. The molecular formula is C8H10N6O2S. The van der Waals surface area contributed by atoms with Crippen LogP contribution in [-0.2, 0) is 11.3 Å². The highest BCUT2D eigenvalue weighted by atomic mass is 32.1. The van der Waals surface area contributed by atoms with Gasteiger partial charge in [-0.2, -0.15) is 0 Å². The lowest BCUT2D eigenvalue weighted by molar-refractivity contribution is -0.137. The van der Waals surface area contributed by atoms with Gasteiger partial charge in [0.05, 0.1) is 5.69 Å². The SMILES string of the molecule is CC(C)c1nnsc1-c1nnnn1CC(=O)O. The number of carboxylic acid groups (broad SMARTS) is 1. The van der Waals surface area contributed by atoms with E-state index in [2.05, 4.69) is 25.1 Å². The topological polar surface area (TPSA) is 107 Å². The first-order valence-corrected chi connectivity index (χ1v) is 5.67. The number of hydrogen-bond acceptors (Lipinski definition) is 7. The van der Waals surface area contributed by atoms with E-state index in [1.807, 2.05) is 13.8 Å². The molecule has 0 aliphatic heterocycles. The first kappa shape index (κ1) is 11.6. The molecule has 2 heterocycles. The van der Waals surface area contributed by atoms with Crippen LogP contribution in [0, 0.1) is 0 Å². The summed E-state index contributed by atoms with van der Waals surface area (Å²) in [5.41, 5.74) is 0.774. The number of hydrogen-bond donors (Lipinski definition) is 1. The molecule has 0 unspecified atom stereocenters. The zero-order valence-electron chi connectivity index (χ0n) is 9.23. The van der Waals surface area contributed by atoms with E-state index in [9.17, 15) is 4.79 Å². The van der Waals surface area contributed by atoms with E-state index >= 15 is 0 Å². The molecule has 2 aromatic heterocycles. The van der Waals surface area contributed by atoms with Crippen molar-refractivity contribution in [3.63, 3.8) is 0 Å². The third kappa shape index (κ3) is 2.28. The quantitative estimate of drug-likeness (QED) is 0.841. The Bertz CT molecular complexity index is 534. The molecule has 0 saturated heterocycles. The fraction of sp³-hybridized carbons (Fsp3) is 0.500. The minimum absolute atomic E-state index is 0.179. The Labute approximate surface area is 100 Å². The molecule has 0 aromatic carbocycles. The monoisotopic (exact) mass is 254 g/mol. The average molecular weight is 254 g/mol. The van der Waals surface area contributed by atoms with E-state index in [1.54, 1.807) is 0 Å². The highest BCUT2D eigenvalue weighted by Crippen LogP contribution is 2.28. The number of carbonyl (C=O) groups is 1. The van der Waals surface area contributed by atoms with Gasteiger partial charge in [0.1, 0.15) is 11.4 Å². The number of rotatable bonds is 4. The summed E-state index contributed by atoms with van der Waals surface area (Å²) >= 11 is 1.16. The second-order valence-corrected chi connectivity index (χ2v) is 4.45. The lowest BCUT2D eigenvalue weighted by Gasteiger charge is -2.03. The van der Waals surface area contributed by atoms with E-state index in [0.717, 1.165) is 17.2 Å². The Hall–Kier alpha value is -1.90. The van der Waals surface area contributed by atoms with Crippen LogP contribution in [-0.4, -0.2) is 40.9 Å². The summed E-state index contributed by atoms with van der Waals surface area (Å²) in [4.78, 5) is 11.4. The van der Waals surface area contributed by atoms with Crippen molar-refractivity contribution in [2.75, 3.05) is 0 Å². The molecule has 0 aliphatic rings. The van der Waals surface area contributed by atoms with Gasteiger partial charge in [0.15, 0.2) is 5.82 Å². The van der Waals surface area contributed by atoms with E-state index in [4.69, 9.17) is 5.11 Å². The van der Waals surface area contributed by atoms with Gasteiger partial charge >= 0.3 is 5.97 Å². The van der Waals surface area contributed by atoms with Crippen molar-refractivity contribution in [3.8, 4) is 10.7 Å². The van der Waals surface area contributed by atoms with Crippen molar-refractivity contribution < 1.29 is 9.90 Å². The molecule has 0 radical (unpaired) electrons. The van der Waals surface area contributed by atoms with Crippen LogP contribution >= 0.6 is 11.5 Å². The molecule has 1 N–H and O–H groups in total. The van der Waals surface area contributed by atoms with E-state index in [0.29, 0.717) is 10.7 Å². The van der Waals surface area contributed by atoms with E-state index in [-0.39, 0.29) is 12.5 Å². The van der Waals surface area contributed by atoms with Crippen LogP contribution in [0.5, 0.6) is 0 Å². The summed E-state index contributed by atoms with van der Waals surface area (Å²) in [7, 11) is 0. The Morgan fingerprint density at radius 2 is 2.24 bits per heavy atom. The largest absolute Gasteiger partial charge is 0.480 e. The predicted octanol–water partition coefficient (Wildman–Crippen LogP) is 0.400. The van der Waals surface area contributed by atoms with Gasteiger partial charge in [-0.25, -0.2) is 4.68 Å². The predicted molar refractivity (Wildman–Crippen MR) is 58.4 cm³/mol. The van der Waals surface area contributed by atoms with Gasteiger partial charge in [-0.1, -0.05) is 18.3 Å². The second-order valence-electron chi connectivity index (χ2n) is 3.70. The molecule has 0 bridgehead atoms. The van der Waals surface area contributed by atoms with Gasteiger partial charge in [-0.05, 0) is 27.9 Å². The molecule has 17 heavy (non-hydrogen) atoms. The first-order valence-electron chi connectivity index (χ1n) is 4.90. The lowest BCUT2D eigenvalue weighted by atomic mass is 10.1. The summed E-state index contributed by atoms with van der Waals surface area (Å²) in [5.74, 6) is -0.424. The molecule has 0 amide bonds. The second kappa shape index (κ2) is 4.53. The third-order valence-corrected chi connectivity index (χ3v) is 2.82. The van der Waals surface area contributed by atoms with E-state index in [1.165, 1.54) is 4.68 Å². The fourth-order valence-electron chi connectivity index (χ4n) is 1.33. The van der Waals surface area contributed by atoms with Crippen LogP contribution in [0.25, 0.3) is 10.7 Å². The lowest BCUT2D eigenvalue weighted by Crippen LogP contribution is -2.11. The number of nitrogens with zero attached hydrogens (tertiary/aromatic N) is 6. The maximum absolute atomic E-state index is 10.7. The Morgan fingerprint density at radius 1 is 1.47 bits per heavy atom. The van der Waals surface area contributed by atoms with Gasteiger partial charge in [-0.3, -0.25) is 4.79 Å². The molecule has 0 fully saturated rings. The summed E-state index contributed by atoms with van der Waals surface area (Å²) in [6, 6.07) is 0. The average Bonchev–Trinajstić information content (AvgIpc) is 2.82. The normalized spacial score (nSPS) is 11.0. The standard InChI is InChI=1S/C8H10N6O2S/c1-4(2)6-7(17-13-9-6)8-10-11-12-14(8)3-5(15)16/h4H,3H2,1-2H3,(H,15,16). The molecule has 2 rings (SSSR count). The fourth-order valence-corrected chi connectivity index (χ4v) is 2.14. The highest BCUT2D eigenvalue weighted by molar-refractivity contribution is 7.09. The van der Waals surface area contributed by atoms with Crippen LogP contribution in [0.3, 0.4) is 0 Å². The highest BCUT2D eigenvalue weighted by Gasteiger charge is 2.20. The van der Waals surface area contributed by atoms with Crippen molar-refractivity contribution in [1.29, 1.82) is 0 Å². The molecule has 0 atom stereocenters. The van der Waals surface area contributed by atoms with Gasteiger partial charge in [0, 0.05) is 0 Å². The van der Waals surface area contributed by atoms with Gasteiger partial charge in [0.2, 0.25) is 0 Å². The first-order chi connectivity index (χ1) is 8.09. The molecule has 8 nitrogen and oxygen atoms in total. The van der Waals surface area contributed by atoms with Crippen LogP contribution in [0.4, 0.5) is 0 Å². The van der Waals surface area contributed by atoms with Gasteiger partial charge in [-0.15, -0.1) is 10.2 Å². The maximum atomic E-state index is 10.7. The van der Waals surface area contributed by atoms with Crippen LogP contribution < -0.4 is 0 Å². The van der Waals surface area contributed by atoms with Crippen molar-refractivity contribution in [2.24, 2.45) is 0 Å². The number of aromatic nitrogens is 6. The Morgan fingerprint density at radius 3 is 2.88 bits per heavy atom. The Kier molecular flexibility index (Phi) is 3.09. The van der Waals surface area contributed by atoms with Crippen LogP contribution in [0.2, 0.25) is 0 Å². The van der Waals surface area contributed by atoms with Crippen molar-refractivity contribution in [2.45, 2.75) is 26.3 Å². The Balaban J connectivity index is 2.42. The minimum Gasteiger partial charge on any atom is -0.480 e. The zero-order valence-corrected chi connectivity index (χ0v) is 10.0. The minimum atomic E-state index is -0.998. The van der Waals surface area contributed by atoms with Crippen molar-refractivity contribution >= 4 is 17.5 Å². The zero-order chi connectivity index (χ0) is 12.4. The molecule has 2 aromatic rings. The van der Waals surface area contributed by atoms with Crippen molar-refractivity contribution in [1.82, 2.24) is 29.8 Å². The van der Waals surface area contributed by atoms with Crippen molar-refractivity contribution in [3.05, 3.63) is 5.69 Å². The summed E-state index contributed by atoms with van der Waals surface area (Å²) in [6.45, 7) is 3.68. The van der Waals surface area contributed by atoms with Gasteiger partial charge < -0.3 is 5.11 Å². The van der Waals surface area contributed by atoms with E-state index < -0.39 is 5.97 Å². The summed E-state index contributed by atoms with van der Waals surface area (Å²) in [5, 5.41) is 23.7. The molecule has 0 spiro atoms. The molecular weight excluding hydrogens is 244 g/mol. The van der Waals surface area contributed by atoms with Crippen LogP contribution in [0.15, 0.2) is 0 Å². The molecule has 90 valence electrons. The third-order valence-electron chi connectivity index (χ3n) is 2.08. The number of aliphatic carboxylic acids is 1. The number of tetrazole rings is 1. The van der Waals surface area contributed by atoms with Gasteiger partial charge in [0.25, 0.3) is 0 Å². The molecule has 0 saturated carbocycles. The summed E-state index contributed by atoms with van der Waals surface area (Å²) < 4.78 is 5.08. The molecule has 0 aliphatic carbocycles.